The van der Waals surface area contributed by atoms with E-state index in [9.17, 15) is 14.4 Å². The van der Waals surface area contributed by atoms with Gasteiger partial charge in [-0.15, -0.1) is 0 Å². The number of hydrogen-bond donors (Lipinski definition) is 1. The van der Waals surface area contributed by atoms with Crippen molar-refractivity contribution < 1.29 is 18.8 Å². The number of nitrogens with one attached hydrogen (secondary N) is 1. The smallest absolute Gasteiger partial charge is 0.294 e. The Hall–Kier alpha value is -3.39. The first-order valence-corrected chi connectivity index (χ1v) is 12.2. The van der Waals surface area contributed by atoms with Gasteiger partial charge in [-0.25, -0.2) is 4.39 Å². The van der Waals surface area contributed by atoms with Gasteiger partial charge >= 0.3 is 0 Å². The number of halogens is 1. The second-order valence-electron chi connectivity index (χ2n) is 9.30. The number of amides is 3. The first kappa shape index (κ1) is 24.7. The molecule has 0 aliphatic carbocycles. The zero-order valence-corrected chi connectivity index (χ0v) is 21.3. The molecule has 3 amide bonds. The van der Waals surface area contributed by atoms with Crippen LogP contribution < -0.4 is 10.2 Å². The summed E-state index contributed by atoms with van der Waals surface area (Å²) in [5, 5.41) is 2.12. The highest BCUT2D eigenvalue weighted by Crippen LogP contribution is 2.41. The number of thioether (sulfide) groups is 1. The third kappa shape index (κ3) is 4.89. The summed E-state index contributed by atoms with van der Waals surface area (Å²) in [4.78, 5) is 40.9. The van der Waals surface area contributed by atoms with Crippen molar-refractivity contribution in [2.45, 2.75) is 40.2 Å². The maximum atomic E-state index is 15.1. The normalized spacial score (nSPS) is 18.1. The van der Waals surface area contributed by atoms with Crippen LogP contribution in [-0.2, 0) is 9.59 Å². The summed E-state index contributed by atoms with van der Waals surface area (Å²) in [7, 11) is 0. The van der Waals surface area contributed by atoms with Gasteiger partial charge in [0.05, 0.1) is 10.4 Å². The number of likely N-dealkylation sites (N-methyl/N-ethyl adjacent to an activating group) is 1. The van der Waals surface area contributed by atoms with Gasteiger partial charge < -0.3 is 10.2 Å². The standard InChI is InChI=1S/C27H28FN3O3S/c1-6-31-22-13-21(28)18(11-20(22)17(3)14-27(31,4)5)12-23-25(33)30(26(34)35-23)15-24(32)29-19-9-7-16(2)8-10-19/h7-14H,6,15H2,1-5H3,(H,29,32)/b23-12+. The predicted molar refractivity (Wildman–Crippen MR) is 140 cm³/mol. The van der Waals surface area contributed by atoms with Gasteiger partial charge in [-0.2, -0.15) is 0 Å². The first-order valence-electron chi connectivity index (χ1n) is 11.4. The maximum Gasteiger partial charge on any atom is 0.294 e. The molecule has 0 unspecified atom stereocenters. The average Bonchev–Trinajstić information content (AvgIpc) is 3.03. The molecule has 0 atom stereocenters. The van der Waals surface area contributed by atoms with Gasteiger partial charge in [-0.1, -0.05) is 23.8 Å². The summed E-state index contributed by atoms with van der Waals surface area (Å²) in [5.74, 6) is -1.57. The number of anilines is 2. The molecule has 4 rings (SSSR count). The number of fused-ring (bicyclic) bond motifs is 1. The van der Waals surface area contributed by atoms with Gasteiger partial charge in [0.25, 0.3) is 11.1 Å². The molecule has 0 spiro atoms. The molecule has 8 heteroatoms. The zero-order chi connectivity index (χ0) is 25.5. The molecular formula is C27H28FN3O3S. The van der Waals surface area contributed by atoms with Crippen LogP contribution in [-0.4, -0.2) is 40.6 Å². The lowest BCUT2D eigenvalue weighted by Gasteiger charge is -2.42. The SMILES string of the molecule is CCN1c2cc(F)c(/C=C3/SC(=O)N(CC(=O)Nc4ccc(C)cc4)C3=O)cc2C(C)=CC1(C)C. The van der Waals surface area contributed by atoms with E-state index in [0.717, 1.165) is 27.3 Å². The van der Waals surface area contributed by atoms with Crippen molar-refractivity contribution in [3.8, 4) is 0 Å². The quantitative estimate of drug-likeness (QED) is 0.531. The highest BCUT2D eigenvalue weighted by atomic mass is 32.2. The molecule has 0 saturated carbocycles. The van der Waals surface area contributed by atoms with Crippen molar-refractivity contribution in [3.63, 3.8) is 0 Å². The highest BCUT2D eigenvalue weighted by Gasteiger charge is 2.37. The Bertz CT molecular complexity index is 1280. The molecule has 2 aromatic carbocycles. The highest BCUT2D eigenvalue weighted by molar-refractivity contribution is 8.18. The number of carbonyl (C=O) groups is 3. The number of hydrogen-bond acceptors (Lipinski definition) is 5. The Morgan fingerprint density at radius 1 is 1.14 bits per heavy atom. The Labute approximate surface area is 208 Å². The van der Waals surface area contributed by atoms with Crippen LogP contribution in [0.4, 0.5) is 20.6 Å². The van der Waals surface area contributed by atoms with Gasteiger partial charge in [0.1, 0.15) is 12.4 Å². The van der Waals surface area contributed by atoms with Crippen molar-refractivity contribution in [1.82, 2.24) is 4.90 Å². The van der Waals surface area contributed by atoms with Gasteiger partial charge in [0.2, 0.25) is 5.91 Å². The number of carbonyl (C=O) groups excluding carboxylic acids is 3. The van der Waals surface area contributed by atoms with Crippen LogP contribution in [0.2, 0.25) is 0 Å². The van der Waals surface area contributed by atoms with Gasteiger partial charge in [0.15, 0.2) is 0 Å². The fourth-order valence-electron chi connectivity index (χ4n) is 4.56. The van der Waals surface area contributed by atoms with E-state index in [1.54, 1.807) is 18.2 Å². The molecule has 2 aromatic rings. The number of imide groups is 1. The minimum Gasteiger partial charge on any atom is -0.363 e. The van der Waals surface area contributed by atoms with E-state index in [-0.39, 0.29) is 16.0 Å². The lowest BCUT2D eigenvalue weighted by atomic mass is 9.88. The number of rotatable bonds is 5. The maximum absolute atomic E-state index is 15.1. The molecule has 2 aliphatic rings. The second-order valence-corrected chi connectivity index (χ2v) is 10.3. The second kappa shape index (κ2) is 9.34. The molecule has 1 saturated heterocycles. The molecule has 0 bridgehead atoms. The summed E-state index contributed by atoms with van der Waals surface area (Å²) < 4.78 is 15.1. The summed E-state index contributed by atoms with van der Waals surface area (Å²) in [6.45, 7) is 10.4. The molecule has 6 nitrogen and oxygen atoms in total. The van der Waals surface area contributed by atoms with Crippen LogP contribution in [0.5, 0.6) is 0 Å². The largest absolute Gasteiger partial charge is 0.363 e. The van der Waals surface area contributed by atoms with E-state index in [4.69, 9.17) is 0 Å². The average molecular weight is 494 g/mol. The van der Waals surface area contributed by atoms with Crippen molar-refractivity contribution in [1.29, 1.82) is 0 Å². The van der Waals surface area contributed by atoms with Crippen LogP contribution >= 0.6 is 11.8 Å². The monoisotopic (exact) mass is 493 g/mol. The lowest BCUT2D eigenvalue weighted by Crippen LogP contribution is -2.45. The molecule has 1 fully saturated rings. The van der Waals surface area contributed by atoms with Gasteiger partial charge in [0, 0.05) is 29.0 Å². The fourth-order valence-corrected chi connectivity index (χ4v) is 5.39. The van der Waals surface area contributed by atoms with Crippen LogP contribution in [0.3, 0.4) is 0 Å². The Balaban J connectivity index is 1.56. The van der Waals surface area contributed by atoms with Gasteiger partial charge in [-0.05, 0) is 82.3 Å². The Kier molecular flexibility index (Phi) is 6.60. The fraction of sp³-hybridized carbons (Fsp3) is 0.296. The first-order chi connectivity index (χ1) is 16.5. The third-order valence-corrected chi connectivity index (χ3v) is 7.12. The third-order valence-electron chi connectivity index (χ3n) is 6.21. The summed E-state index contributed by atoms with van der Waals surface area (Å²) in [6, 6.07) is 10.4. The Morgan fingerprint density at radius 2 is 1.83 bits per heavy atom. The number of allylic oxidation sites excluding steroid dienone is 1. The molecule has 2 heterocycles. The minimum absolute atomic E-state index is 0.0853. The molecule has 0 radical (unpaired) electrons. The summed E-state index contributed by atoms with van der Waals surface area (Å²) >= 11 is 0.705. The number of nitrogens with zero attached hydrogens (tertiary/aromatic N) is 2. The Morgan fingerprint density at radius 3 is 2.49 bits per heavy atom. The minimum atomic E-state index is -0.611. The lowest BCUT2D eigenvalue weighted by molar-refractivity contribution is -0.127. The van der Waals surface area contributed by atoms with Crippen LogP contribution in [0.25, 0.3) is 11.6 Å². The van der Waals surface area contributed by atoms with Crippen molar-refractivity contribution in [2.24, 2.45) is 0 Å². The van der Waals surface area contributed by atoms with Crippen LogP contribution in [0.15, 0.2) is 47.4 Å². The van der Waals surface area contributed by atoms with E-state index in [1.807, 2.05) is 32.9 Å². The van der Waals surface area contributed by atoms with Crippen molar-refractivity contribution in [3.05, 3.63) is 69.9 Å². The molecule has 35 heavy (non-hydrogen) atoms. The van der Waals surface area contributed by atoms with E-state index >= 15 is 4.39 Å². The van der Waals surface area contributed by atoms with E-state index in [1.165, 1.54) is 12.1 Å². The molecule has 2 aliphatic heterocycles. The predicted octanol–water partition coefficient (Wildman–Crippen LogP) is 5.83. The topological polar surface area (TPSA) is 69.7 Å². The molecule has 0 aromatic heterocycles. The summed E-state index contributed by atoms with van der Waals surface area (Å²) in [6.07, 6.45) is 3.53. The van der Waals surface area contributed by atoms with Gasteiger partial charge in [-0.3, -0.25) is 19.3 Å². The van der Waals surface area contributed by atoms with Crippen LogP contribution in [0.1, 0.15) is 44.4 Å². The zero-order valence-electron chi connectivity index (χ0n) is 20.4. The van der Waals surface area contributed by atoms with E-state index in [2.05, 4.69) is 30.1 Å². The summed E-state index contributed by atoms with van der Waals surface area (Å²) in [5.41, 5.74) is 4.30. The van der Waals surface area contributed by atoms with Crippen LogP contribution in [0, 0.1) is 12.7 Å². The molecule has 1 N–H and O–H groups in total. The van der Waals surface area contributed by atoms with Crippen molar-refractivity contribution in [2.75, 3.05) is 23.3 Å². The number of aryl methyl sites for hydroxylation is 1. The van der Waals surface area contributed by atoms with Crippen molar-refractivity contribution >= 4 is 51.8 Å². The molecule has 182 valence electrons. The number of benzene rings is 2. The molecular weight excluding hydrogens is 465 g/mol. The van der Waals surface area contributed by atoms with E-state index in [0.29, 0.717) is 24.0 Å². The van der Waals surface area contributed by atoms with E-state index < -0.39 is 29.4 Å².